The van der Waals surface area contributed by atoms with E-state index < -0.39 is 17.5 Å². The van der Waals surface area contributed by atoms with Gasteiger partial charge < -0.3 is 19.5 Å². The van der Waals surface area contributed by atoms with Crippen molar-refractivity contribution in [3.8, 4) is 16.9 Å². The summed E-state index contributed by atoms with van der Waals surface area (Å²) in [5.41, 5.74) is 3.61. The van der Waals surface area contributed by atoms with Crippen LogP contribution in [0.5, 0.6) is 5.75 Å². The van der Waals surface area contributed by atoms with Crippen molar-refractivity contribution in [1.29, 1.82) is 0 Å². The molecular formula is C35H35NO6. The number of amides is 1. The van der Waals surface area contributed by atoms with Gasteiger partial charge in [-0.05, 0) is 67.3 Å². The lowest BCUT2D eigenvalue weighted by Crippen LogP contribution is -2.25. The zero-order valence-electron chi connectivity index (χ0n) is 24.3. The van der Waals surface area contributed by atoms with Crippen LogP contribution in [-0.4, -0.2) is 30.1 Å². The van der Waals surface area contributed by atoms with Gasteiger partial charge >= 0.3 is 11.9 Å². The van der Waals surface area contributed by atoms with Gasteiger partial charge in [-0.1, -0.05) is 72.8 Å². The van der Waals surface area contributed by atoms with E-state index in [1.807, 2.05) is 72.8 Å². The van der Waals surface area contributed by atoms with Gasteiger partial charge in [0, 0.05) is 13.3 Å². The van der Waals surface area contributed by atoms with Crippen molar-refractivity contribution in [2.45, 2.75) is 46.3 Å². The van der Waals surface area contributed by atoms with Crippen LogP contribution in [0.1, 0.15) is 59.5 Å². The Morgan fingerprint density at radius 3 is 2.10 bits per heavy atom. The summed E-state index contributed by atoms with van der Waals surface area (Å²) in [5.74, 6) is -0.995. The quantitative estimate of drug-likeness (QED) is 0.204. The molecule has 4 aromatic carbocycles. The predicted octanol–water partition coefficient (Wildman–Crippen LogP) is 7.25. The summed E-state index contributed by atoms with van der Waals surface area (Å²) in [6.07, 6.45) is 0.422. The van der Waals surface area contributed by atoms with Crippen LogP contribution >= 0.6 is 0 Å². The second-order valence-corrected chi connectivity index (χ2v) is 10.8. The fraction of sp³-hybridized carbons (Fsp3) is 0.229. The lowest BCUT2D eigenvalue weighted by molar-refractivity contribution is -0.140. The van der Waals surface area contributed by atoms with Gasteiger partial charge in [0.1, 0.15) is 18.0 Å². The van der Waals surface area contributed by atoms with Gasteiger partial charge in [0.2, 0.25) is 0 Å². The molecule has 0 aromatic heterocycles. The van der Waals surface area contributed by atoms with Crippen molar-refractivity contribution in [1.82, 2.24) is 0 Å². The molecule has 0 radical (unpaired) electrons. The number of ether oxygens (including phenoxy) is 3. The van der Waals surface area contributed by atoms with E-state index in [-0.39, 0.29) is 30.3 Å². The van der Waals surface area contributed by atoms with Crippen LogP contribution in [0.4, 0.5) is 5.69 Å². The maximum absolute atomic E-state index is 13.9. The maximum Gasteiger partial charge on any atom is 0.340 e. The van der Waals surface area contributed by atoms with Gasteiger partial charge in [0.05, 0.1) is 23.4 Å². The van der Waals surface area contributed by atoms with Gasteiger partial charge in [0.25, 0.3) is 5.91 Å². The third-order valence-corrected chi connectivity index (χ3v) is 6.22. The van der Waals surface area contributed by atoms with Crippen molar-refractivity contribution >= 4 is 23.5 Å². The van der Waals surface area contributed by atoms with Crippen molar-refractivity contribution in [2.24, 2.45) is 0 Å². The van der Waals surface area contributed by atoms with E-state index in [1.165, 1.54) is 6.92 Å². The number of nitrogens with one attached hydrogen (secondary N) is 1. The van der Waals surface area contributed by atoms with Crippen LogP contribution in [0.2, 0.25) is 0 Å². The number of hydrogen-bond donors (Lipinski definition) is 1. The monoisotopic (exact) mass is 565 g/mol. The first-order chi connectivity index (χ1) is 20.1. The first-order valence-electron chi connectivity index (χ1n) is 13.8. The lowest BCUT2D eigenvalue weighted by atomic mass is 10.0. The molecular weight excluding hydrogens is 530 g/mol. The highest BCUT2D eigenvalue weighted by Crippen LogP contribution is 2.29. The summed E-state index contributed by atoms with van der Waals surface area (Å²) in [7, 11) is 0. The van der Waals surface area contributed by atoms with Gasteiger partial charge in [-0.2, -0.15) is 0 Å². The Morgan fingerprint density at radius 2 is 1.43 bits per heavy atom. The van der Waals surface area contributed by atoms with E-state index in [0.29, 0.717) is 17.9 Å². The molecule has 0 aliphatic rings. The van der Waals surface area contributed by atoms with Crippen LogP contribution in [0.15, 0.2) is 97.1 Å². The van der Waals surface area contributed by atoms with E-state index in [4.69, 9.17) is 14.2 Å². The molecule has 0 spiro atoms. The third-order valence-electron chi connectivity index (χ3n) is 6.22. The molecule has 0 aliphatic heterocycles. The van der Waals surface area contributed by atoms with E-state index in [2.05, 4.69) is 5.32 Å². The van der Waals surface area contributed by atoms with Crippen molar-refractivity contribution in [3.63, 3.8) is 0 Å². The Morgan fingerprint density at radius 1 is 0.738 bits per heavy atom. The van der Waals surface area contributed by atoms with Crippen LogP contribution in [0.3, 0.4) is 0 Å². The van der Waals surface area contributed by atoms with Crippen LogP contribution in [-0.2, 0) is 27.3 Å². The summed E-state index contributed by atoms with van der Waals surface area (Å²) in [6, 6.07) is 29.9. The Kier molecular flexibility index (Phi) is 9.76. The fourth-order valence-electron chi connectivity index (χ4n) is 4.24. The molecule has 4 rings (SSSR count). The van der Waals surface area contributed by atoms with Crippen LogP contribution in [0, 0.1) is 0 Å². The predicted molar refractivity (Wildman–Crippen MR) is 163 cm³/mol. The molecule has 0 bridgehead atoms. The molecule has 0 aliphatic carbocycles. The van der Waals surface area contributed by atoms with Crippen molar-refractivity contribution < 1.29 is 28.6 Å². The number of benzene rings is 4. The minimum absolute atomic E-state index is 0.183. The molecule has 0 atom stereocenters. The Bertz CT molecular complexity index is 1540. The number of hydrogen-bond acceptors (Lipinski definition) is 6. The highest BCUT2D eigenvalue weighted by atomic mass is 16.6. The summed E-state index contributed by atoms with van der Waals surface area (Å²) < 4.78 is 16.8. The number of rotatable bonds is 10. The molecule has 1 N–H and O–H groups in total. The largest absolute Gasteiger partial charge is 0.488 e. The van der Waals surface area contributed by atoms with E-state index >= 15 is 0 Å². The normalized spacial score (nSPS) is 11.0. The highest BCUT2D eigenvalue weighted by molar-refractivity contribution is 6.10. The second-order valence-electron chi connectivity index (χ2n) is 10.8. The van der Waals surface area contributed by atoms with E-state index in [0.717, 1.165) is 22.3 Å². The van der Waals surface area contributed by atoms with Crippen LogP contribution in [0.25, 0.3) is 11.1 Å². The van der Waals surface area contributed by atoms with Crippen LogP contribution < -0.4 is 10.1 Å². The smallest absolute Gasteiger partial charge is 0.340 e. The summed E-state index contributed by atoms with van der Waals surface area (Å²) >= 11 is 0. The average Bonchev–Trinajstić information content (AvgIpc) is 2.96. The maximum atomic E-state index is 13.9. The molecule has 4 aromatic rings. The number of carbonyl (C=O) groups is 3. The molecule has 0 saturated carbocycles. The number of carbonyl (C=O) groups excluding carboxylic acids is 3. The number of anilines is 1. The summed E-state index contributed by atoms with van der Waals surface area (Å²) in [5, 5.41) is 2.94. The Hall–Kier alpha value is -4.91. The Balaban J connectivity index is 1.69. The third kappa shape index (κ3) is 8.54. The first-order valence-corrected chi connectivity index (χ1v) is 13.8. The van der Waals surface area contributed by atoms with Crippen molar-refractivity contribution in [3.05, 3.63) is 119 Å². The van der Waals surface area contributed by atoms with Gasteiger partial charge in [0.15, 0.2) is 0 Å². The lowest BCUT2D eigenvalue weighted by Gasteiger charge is -2.21. The SMILES string of the molecule is CC(=O)OCCc1ccc(OCc2ccccc2)c(C(=O)Nc2cc(-c3ccccc3)ccc2C(=O)OC(C)(C)C)c1. The zero-order chi connectivity index (χ0) is 30.1. The average molecular weight is 566 g/mol. The summed E-state index contributed by atoms with van der Waals surface area (Å²) in [6.45, 7) is 7.17. The van der Waals surface area contributed by atoms with Crippen molar-refractivity contribution in [2.75, 3.05) is 11.9 Å². The molecule has 0 unspecified atom stereocenters. The second kappa shape index (κ2) is 13.6. The topological polar surface area (TPSA) is 90.9 Å². The molecule has 7 nitrogen and oxygen atoms in total. The van der Waals surface area contributed by atoms with Gasteiger partial charge in [-0.25, -0.2) is 4.79 Å². The highest BCUT2D eigenvalue weighted by Gasteiger charge is 2.23. The zero-order valence-corrected chi connectivity index (χ0v) is 24.3. The molecule has 7 heteroatoms. The molecule has 0 saturated heterocycles. The molecule has 1 amide bonds. The minimum Gasteiger partial charge on any atom is -0.488 e. The standard InChI is InChI=1S/C35H35NO6/c1-24(37)40-20-19-25-15-18-32(41-23-26-11-7-5-8-12-26)30(21-25)33(38)36-31-22-28(27-13-9-6-10-14-27)16-17-29(31)34(39)42-35(2,3)4/h5-18,21-22H,19-20,23H2,1-4H3,(H,36,38). The van der Waals surface area contributed by atoms with Gasteiger partial charge in [-0.15, -0.1) is 0 Å². The molecule has 216 valence electrons. The molecule has 0 heterocycles. The summed E-state index contributed by atoms with van der Waals surface area (Å²) in [4.78, 5) is 38.3. The molecule has 0 fully saturated rings. The minimum atomic E-state index is -0.717. The number of esters is 2. The fourth-order valence-corrected chi connectivity index (χ4v) is 4.24. The van der Waals surface area contributed by atoms with E-state index in [1.54, 1.807) is 45.0 Å². The van der Waals surface area contributed by atoms with Gasteiger partial charge in [-0.3, -0.25) is 9.59 Å². The Labute approximate surface area is 246 Å². The molecule has 42 heavy (non-hydrogen) atoms. The first kappa shape index (κ1) is 30.1. The van der Waals surface area contributed by atoms with E-state index in [9.17, 15) is 14.4 Å².